The Hall–Kier alpha value is -3.21. The van der Waals surface area contributed by atoms with Gasteiger partial charge in [-0.15, -0.1) is 0 Å². The van der Waals surface area contributed by atoms with Crippen molar-refractivity contribution in [2.45, 2.75) is 59.0 Å². The van der Waals surface area contributed by atoms with E-state index in [4.69, 9.17) is 4.74 Å². The molecule has 0 aliphatic heterocycles. The molecule has 3 N–H and O–H groups in total. The molecule has 194 valence electrons. The lowest BCUT2D eigenvalue weighted by Gasteiger charge is -2.33. The predicted octanol–water partition coefficient (Wildman–Crippen LogP) is 4.03. The summed E-state index contributed by atoms with van der Waals surface area (Å²) in [7, 11) is -2.72. The van der Waals surface area contributed by atoms with Gasteiger partial charge in [-0.1, -0.05) is 19.9 Å². The molecule has 0 bridgehead atoms. The summed E-state index contributed by atoms with van der Waals surface area (Å²) in [6.45, 7) is 9.90. The maximum Gasteiger partial charge on any atom is 0.262 e. The van der Waals surface area contributed by atoms with Crippen molar-refractivity contribution in [2.24, 2.45) is 5.92 Å². The average Bonchev–Trinajstić information content (AvgIpc) is 3.24. The zero-order chi connectivity index (χ0) is 26.9. The van der Waals surface area contributed by atoms with Gasteiger partial charge in [0, 0.05) is 29.2 Å². The highest BCUT2D eigenvalue weighted by atomic mass is 32.2. The van der Waals surface area contributed by atoms with Crippen LogP contribution < -0.4 is 10.2 Å². The molecule has 0 aliphatic rings. The molecule has 0 unspecified atom stereocenters. The minimum Gasteiger partial charge on any atom is -0.496 e. The van der Waals surface area contributed by atoms with Crippen molar-refractivity contribution in [1.82, 2.24) is 14.8 Å². The molecular weight excluding hydrogens is 482 g/mol. The second-order valence-corrected chi connectivity index (χ2v) is 11.2. The number of H-pyrrole nitrogens is 1. The Morgan fingerprint density at radius 1 is 1.14 bits per heavy atom. The third-order valence-corrected chi connectivity index (χ3v) is 8.67. The highest BCUT2D eigenvalue weighted by Gasteiger charge is 2.39. The van der Waals surface area contributed by atoms with Crippen LogP contribution in [0.25, 0.3) is 10.9 Å². The fourth-order valence-electron chi connectivity index (χ4n) is 4.65. The first kappa shape index (κ1) is 27.4. The van der Waals surface area contributed by atoms with Crippen molar-refractivity contribution in [3.8, 4) is 5.75 Å². The van der Waals surface area contributed by atoms with Crippen LogP contribution in [0.3, 0.4) is 0 Å². The largest absolute Gasteiger partial charge is 0.496 e. The van der Waals surface area contributed by atoms with E-state index in [1.165, 1.54) is 14.0 Å². The number of carbonyl (C=O) groups is 2. The highest BCUT2D eigenvalue weighted by molar-refractivity contribution is 7.89. The molecule has 0 fully saturated rings. The predicted molar refractivity (Wildman–Crippen MR) is 137 cm³/mol. The van der Waals surface area contributed by atoms with E-state index >= 15 is 0 Å². The number of Topliss-reactive ketones (excluding diaryl/α,β-unsaturated/α-hetero) is 1. The number of ketones is 1. The number of ether oxygens (including phenoxy) is 1. The van der Waals surface area contributed by atoms with E-state index in [9.17, 15) is 23.2 Å². The SMILES string of the molecule is COc1cc(C)c(S(=O)(=O)N(Cc2ccc3[nH]cc(C(C)=O)c3c2)[C@@H](C(=O)NO)C(C)C)c(C)c1C. The summed E-state index contributed by atoms with van der Waals surface area (Å²) in [5, 5.41) is 10.1. The van der Waals surface area contributed by atoms with E-state index in [0.717, 1.165) is 9.82 Å². The third-order valence-electron chi connectivity index (χ3n) is 6.55. The van der Waals surface area contributed by atoms with Crippen LogP contribution >= 0.6 is 0 Å². The molecule has 3 aromatic rings. The molecule has 10 heteroatoms. The summed E-state index contributed by atoms with van der Waals surface area (Å²) < 4.78 is 35.0. The number of aryl methyl sites for hydroxylation is 1. The molecule has 36 heavy (non-hydrogen) atoms. The normalized spacial score (nSPS) is 12.8. The number of hydrogen-bond donors (Lipinski definition) is 3. The van der Waals surface area contributed by atoms with Gasteiger partial charge in [-0.3, -0.25) is 14.8 Å². The number of nitrogens with zero attached hydrogens (tertiary/aromatic N) is 1. The molecule has 1 heterocycles. The number of hydrogen-bond acceptors (Lipinski definition) is 6. The summed E-state index contributed by atoms with van der Waals surface area (Å²) in [6, 6.07) is 5.73. The van der Waals surface area contributed by atoms with Gasteiger partial charge in [0.1, 0.15) is 11.8 Å². The van der Waals surface area contributed by atoms with Crippen molar-refractivity contribution >= 4 is 32.6 Å². The Balaban J connectivity index is 2.24. The molecule has 1 aromatic heterocycles. The fourth-order valence-corrected chi connectivity index (χ4v) is 6.85. The molecule has 3 rings (SSSR count). The number of amides is 1. The number of aromatic amines is 1. The Morgan fingerprint density at radius 3 is 2.36 bits per heavy atom. The Labute approximate surface area is 211 Å². The average molecular weight is 516 g/mol. The fraction of sp³-hybridized carbons (Fsp3) is 0.385. The van der Waals surface area contributed by atoms with Crippen LogP contribution in [0.2, 0.25) is 0 Å². The molecule has 0 aliphatic carbocycles. The van der Waals surface area contributed by atoms with Crippen molar-refractivity contribution in [1.29, 1.82) is 0 Å². The van der Waals surface area contributed by atoms with E-state index < -0.39 is 27.9 Å². The number of carbonyl (C=O) groups excluding carboxylic acids is 2. The number of aromatic nitrogens is 1. The monoisotopic (exact) mass is 515 g/mol. The van der Waals surface area contributed by atoms with E-state index in [-0.39, 0.29) is 17.2 Å². The first-order chi connectivity index (χ1) is 16.8. The van der Waals surface area contributed by atoms with Gasteiger partial charge in [-0.25, -0.2) is 13.9 Å². The van der Waals surface area contributed by atoms with Crippen LogP contribution in [0, 0.1) is 26.7 Å². The van der Waals surface area contributed by atoms with Gasteiger partial charge in [-0.2, -0.15) is 4.31 Å². The molecule has 1 amide bonds. The Kier molecular flexibility index (Phi) is 7.92. The van der Waals surface area contributed by atoms with Gasteiger partial charge in [-0.05, 0) is 74.1 Å². The molecule has 0 spiro atoms. The summed E-state index contributed by atoms with van der Waals surface area (Å²) >= 11 is 0. The molecule has 2 aromatic carbocycles. The summed E-state index contributed by atoms with van der Waals surface area (Å²) in [5.74, 6) is -0.849. The van der Waals surface area contributed by atoms with Crippen LogP contribution in [-0.2, 0) is 21.4 Å². The molecule has 1 atom stereocenters. The quantitative estimate of drug-likeness (QED) is 0.224. The summed E-state index contributed by atoms with van der Waals surface area (Å²) in [5.41, 5.74) is 5.12. The zero-order valence-electron chi connectivity index (χ0n) is 21.6. The number of hydroxylamine groups is 1. The third kappa shape index (κ3) is 4.88. The lowest BCUT2D eigenvalue weighted by molar-refractivity contribution is -0.134. The number of benzene rings is 2. The van der Waals surface area contributed by atoms with Crippen LogP contribution in [-0.4, -0.2) is 47.8 Å². The number of nitrogens with one attached hydrogen (secondary N) is 2. The van der Waals surface area contributed by atoms with Crippen molar-refractivity contribution in [3.63, 3.8) is 0 Å². The Morgan fingerprint density at radius 2 is 1.81 bits per heavy atom. The first-order valence-electron chi connectivity index (χ1n) is 11.6. The minimum absolute atomic E-state index is 0.0873. The Bertz CT molecular complexity index is 1430. The van der Waals surface area contributed by atoms with Gasteiger partial charge < -0.3 is 9.72 Å². The minimum atomic E-state index is -4.24. The van der Waals surface area contributed by atoms with E-state index in [1.54, 1.807) is 70.6 Å². The van der Waals surface area contributed by atoms with E-state index in [1.807, 2.05) is 0 Å². The zero-order valence-corrected chi connectivity index (χ0v) is 22.4. The van der Waals surface area contributed by atoms with Gasteiger partial charge >= 0.3 is 0 Å². The smallest absolute Gasteiger partial charge is 0.262 e. The molecule has 0 saturated carbocycles. The van der Waals surface area contributed by atoms with Crippen LogP contribution in [0.15, 0.2) is 35.4 Å². The van der Waals surface area contributed by atoms with Crippen LogP contribution in [0.1, 0.15) is 53.4 Å². The van der Waals surface area contributed by atoms with Gasteiger partial charge in [0.15, 0.2) is 5.78 Å². The lowest BCUT2D eigenvalue weighted by atomic mass is 10.0. The van der Waals surface area contributed by atoms with Gasteiger partial charge in [0.05, 0.1) is 12.0 Å². The highest BCUT2D eigenvalue weighted by Crippen LogP contribution is 2.35. The topological polar surface area (TPSA) is 129 Å². The second-order valence-electron chi connectivity index (χ2n) is 9.33. The van der Waals surface area contributed by atoms with Crippen molar-refractivity contribution < 1.29 is 28.0 Å². The maximum absolute atomic E-state index is 14.2. The van der Waals surface area contributed by atoms with E-state index in [0.29, 0.717) is 39.0 Å². The number of sulfonamides is 1. The van der Waals surface area contributed by atoms with Gasteiger partial charge in [0.25, 0.3) is 5.91 Å². The van der Waals surface area contributed by atoms with Gasteiger partial charge in [0.2, 0.25) is 10.0 Å². The summed E-state index contributed by atoms with van der Waals surface area (Å²) in [6.07, 6.45) is 1.62. The first-order valence-corrected chi connectivity index (χ1v) is 13.0. The number of fused-ring (bicyclic) bond motifs is 1. The molecule has 0 saturated heterocycles. The lowest BCUT2D eigenvalue weighted by Crippen LogP contribution is -2.51. The molecular formula is C26H33N3O6S. The molecule has 0 radical (unpaired) electrons. The van der Waals surface area contributed by atoms with Crippen molar-refractivity contribution in [3.05, 3.63) is 58.3 Å². The molecule has 9 nitrogen and oxygen atoms in total. The number of rotatable bonds is 9. The summed E-state index contributed by atoms with van der Waals surface area (Å²) in [4.78, 5) is 28.0. The second kappa shape index (κ2) is 10.4. The van der Waals surface area contributed by atoms with E-state index in [2.05, 4.69) is 4.98 Å². The van der Waals surface area contributed by atoms with Crippen LogP contribution in [0.4, 0.5) is 0 Å². The van der Waals surface area contributed by atoms with Crippen molar-refractivity contribution in [2.75, 3.05) is 7.11 Å². The standard InChI is InChI=1S/C26H33N3O6S/c1-14(2)24(26(31)28-32)29(13-19-8-9-22-20(11-19)21(12-27-22)18(6)30)36(33,34)25-15(3)10-23(35-7)16(4)17(25)5/h8-12,14,24,27,32H,13H2,1-7H3,(H,28,31)/t24-/m1/s1. The maximum atomic E-state index is 14.2. The number of methoxy groups -OCH3 is 1. The van der Waals surface area contributed by atoms with Crippen LogP contribution in [0.5, 0.6) is 5.75 Å².